The van der Waals surface area contributed by atoms with Crippen molar-refractivity contribution in [2.24, 2.45) is 5.41 Å². The van der Waals surface area contributed by atoms with Crippen LogP contribution in [0.4, 0.5) is 11.4 Å². The van der Waals surface area contributed by atoms with Crippen LogP contribution in [0, 0.1) is 5.41 Å². The highest BCUT2D eigenvalue weighted by Crippen LogP contribution is 2.46. The molecular weight excluding hydrogens is 724 g/mol. The number of ether oxygens (including phenoxy) is 1. The minimum absolute atomic E-state index is 0. The summed E-state index contributed by atoms with van der Waals surface area (Å²) in [5.74, 6) is -1.94. The van der Waals surface area contributed by atoms with Gasteiger partial charge >= 0.3 is 0 Å². The van der Waals surface area contributed by atoms with Crippen LogP contribution in [-0.2, 0) is 29.5 Å². The number of para-hydroxylation sites is 1. The average Bonchev–Trinajstić information content (AvgIpc) is 3.13. The van der Waals surface area contributed by atoms with Gasteiger partial charge in [-0.3, -0.25) is 14.1 Å². The van der Waals surface area contributed by atoms with E-state index in [1.165, 1.54) is 6.07 Å². The molecule has 1 heterocycles. The molecule has 0 saturated carbocycles. The number of unbranched alkanes of at least 4 members (excludes halogenated alkanes) is 1. The smallest absolute Gasteiger partial charge is 0.266 e. The molecule has 1 aliphatic rings. The molecule has 0 spiro atoms. The Hall–Kier alpha value is -3.50. The van der Waals surface area contributed by atoms with Crippen molar-refractivity contribution < 1.29 is 35.7 Å². The van der Waals surface area contributed by atoms with Gasteiger partial charge in [0.1, 0.15) is 11.8 Å². The number of sulfone groups is 1. The molecule has 2 amide bonds. The van der Waals surface area contributed by atoms with Crippen molar-refractivity contribution in [2.45, 2.75) is 50.5 Å². The summed E-state index contributed by atoms with van der Waals surface area (Å²) in [7, 11) is -8.09. The van der Waals surface area contributed by atoms with E-state index in [-0.39, 0.29) is 29.1 Å². The van der Waals surface area contributed by atoms with E-state index in [1.54, 1.807) is 36.4 Å². The predicted octanol–water partition coefficient (Wildman–Crippen LogP) is 5.36. The van der Waals surface area contributed by atoms with E-state index in [4.69, 9.17) is 9.29 Å². The summed E-state index contributed by atoms with van der Waals surface area (Å²) in [5.41, 5.74) is 1.33. The maximum Gasteiger partial charge on any atom is 0.266 e. The third-order valence-corrected chi connectivity index (χ3v) is 11.6. The minimum Gasteiger partial charge on any atom is -0.483 e. The van der Waals surface area contributed by atoms with Crippen LogP contribution in [0.25, 0.3) is 0 Å². The molecule has 4 rings (SSSR count). The molecule has 12 nitrogen and oxygen atoms in total. The van der Waals surface area contributed by atoms with Gasteiger partial charge in [-0.05, 0) is 52.5 Å². The molecule has 3 aromatic carbocycles. The first-order valence-corrected chi connectivity index (χ1v) is 19.4. The zero-order valence-electron chi connectivity index (χ0n) is 27.0. The molecule has 0 saturated heterocycles. The van der Waals surface area contributed by atoms with Gasteiger partial charge < -0.3 is 26.4 Å². The van der Waals surface area contributed by atoms with Gasteiger partial charge in [0.2, 0.25) is 5.91 Å². The first kappa shape index (κ1) is 38.9. The van der Waals surface area contributed by atoms with E-state index in [1.807, 2.05) is 42.2 Å². The number of benzene rings is 3. The zero-order chi connectivity index (χ0) is 34.2. The first-order valence-electron chi connectivity index (χ1n) is 15.4. The van der Waals surface area contributed by atoms with E-state index in [0.29, 0.717) is 28.7 Å². The Kier molecular flexibility index (Phi) is 13.6. The summed E-state index contributed by atoms with van der Waals surface area (Å²) in [6.45, 7) is 3.74. The van der Waals surface area contributed by atoms with Crippen molar-refractivity contribution in [3.8, 4) is 5.75 Å². The molecule has 262 valence electrons. The molecule has 1 unspecified atom stereocenters. The molecule has 1 aliphatic heterocycles. The van der Waals surface area contributed by atoms with Gasteiger partial charge in [-0.25, -0.2) is 8.42 Å². The fraction of sp³-hybridized carbons (Fsp3) is 0.394. The van der Waals surface area contributed by atoms with E-state index in [2.05, 4.69) is 33.5 Å². The third kappa shape index (κ3) is 10.0. The highest BCUT2D eigenvalue weighted by Gasteiger charge is 2.42. The molecule has 48 heavy (non-hydrogen) atoms. The first-order chi connectivity index (χ1) is 22.3. The highest BCUT2D eigenvalue weighted by atomic mass is 79.9. The molecule has 3 aromatic rings. The molecule has 0 radical (unpaired) electrons. The lowest BCUT2D eigenvalue weighted by Crippen LogP contribution is -2.43. The number of anilines is 2. The molecule has 0 aliphatic carbocycles. The number of halogens is 1. The van der Waals surface area contributed by atoms with Crippen LogP contribution in [0.1, 0.15) is 51.1 Å². The van der Waals surface area contributed by atoms with Crippen LogP contribution in [0.15, 0.2) is 82.2 Å². The van der Waals surface area contributed by atoms with Crippen molar-refractivity contribution in [1.29, 1.82) is 0 Å². The Bertz CT molecular complexity index is 1780. The lowest BCUT2D eigenvalue weighted by Gasteiger charge is -2.36. The number of hydrogen-bond donors (Lipinski definition) is 4. The molecule has 15 heteroatoms. The highest BCUT2D eigenvalue weighted by molar-refractivity contribution is 9.10. The zero-order valence-corrected chi connectivity index (χ0v) is 30.2. The number of carbonyl (C=O) groups excluding carboxylic acids is 2. The number of rotatable bonds is 14. The minimum atomic E-state index is -4.30. The van der Waals surface area contributed by atoms with E-state index in [9.17, 15) is 26.4 Å². The van der Waals surface area contributed by atoms with Crippen molar-refractivity contribution in [3.63, 3.8) is 0 Å². The fourth-order valence-corrected chi connectivity index (χ4v) is 8.65. The molecule has 0 aromatic heterocycles. The van der Waals surface area contributed by atoms with Crippen LogP contribution in [0.5, 0.6) is 5.75 Å². The number of carbonyl (C=O) groups is 2. The molecule has 0 fully saturated rings. The molecule has 6 N–H and O–H groups in total. The van der Waals surface area contributed by atoms with Gasteiger partial charge in [0.05, 0.1) is 26.6 Å². The second-order valence-corrected chi connectivity index (χ2v) is 16.0. The predicted molar refractivity (Wildman–Crippen MR) is 189 cm³/mol. The SMILES string of the molecule is CCCCC1(CC)CN(c2ccccc2)c2cc(Br)c(OCC(=O)N[C@H](C(=O)NCCS(=O)(=O)O)c3ccccc3)cc2S(=O)(=O)C1.N. The van der Waals surface area contributed by atoms with Gasteiger partial charge in [0, 0.05) is 30.3 Å². The topological polar surface area (TPSA) is 194 Å². The van der Waals surface area contributed by atoms with Crippen molar-refractivity contribution in [3.05, 3.63) is 82.8 Å². The lowest BCUT2D eigenvalue weighted by atomic mass is 9.81. The summed E-state index contributed by atoms with van der Waals surface area (Å²) in [5, 5.41) is 5.00. The number of hydrogen-bond acceptors (Lipinski definition) is 9. The normalized spacial score (nSPS) is 17.6. The summed E-state index contributed by atoms with van der Waals surface area (Å²) >= 11 is 3.52. The van der Waals surface area contributed by atoms with Crippen LogP contribution in [0.3, 0.4) is 0 Å². The Morgan fingerprint density at radius 2 is 1.71 bits per heavy atom. The number of nitrogens with zero attached hydrogens (tertiary/aromatic N) is 1. The van der Waals surface area contributed by atoms with E-state index in [0.717, 1.165) is 24.9 Å². The van der Waals surface area contributed by atoms with Gasteiger partial charge in [-0.2, -0.15) is 8.42 Å². The molecule has 0 bridgehead atoms. The van der Waals surface area contributed by atoms with Crippen LogP contribution in [-0.4, -0.2) is 64.4 Å². The summed E-state index contributed by atoms with van der Waals surface area (Å²) < 4.78 is 65.6. The summed E-state index contributed by atoms with van der Waals surface area (Å²) in [6.07, 6.45) is 3.29. The van der Waals surface area contributed by atoms with Crippen molar-refractivity contribution in [1.82, 2.24) is 16.8 Å². The average molecular weight is 768 g/mol. The van der Waals surface area contributed by atoms with Gasteiger partial charge in [-0.1, -0.05) is 75.2 Å². The Morgan fingerprint density at radius 3 is 2.31 bits per heavy atom. The van der Waals surface area contributed by atoms with E-state index >= 15 is 0 Å². The van der Waals surface area contributed by atoms with Gasteiger partial charge in [-0.15, -0.1) is 0 Å². The maximum atomic E-state index is 14.1. The lowest BCUT2D eigenvalue weighted by molar-refractivity contribution is -0.130. The standard InChI is InChI=1S/C33H40BrN3O8S2.H3N/c1-3-5-16-33(4-2)22-37(25-14-10-7-11-15-25)27-19-26(34)28(20-29(27)46(40,41)23-33)45-21-30(38)36-31(24-12-8-6-9-13-24)32(39)35-17-18-47(42,43)44;/h6-15,19-20,31H,3-5,16-18,21-23H2,1-2H3,(H,35,39)(H,36,38)(H,42,43,44);1H3/t31-,33?;/m0./s1. The number of fused-ring (bicyclic) bond motifs is 1. The van der Waals surface area contributed by atoms with Crippen molar-refractivity contribution >= 4 is 59.1 Å². The molecule has 2 atom stereocenters. The Morgan fingerprint density at radius 1 is 1.06 bits per heavy atom. The Labute approximate surface area is 291 Å². The van der Waals surface area contributed by atoms with Crippen molar-refractivity contribution in [2.75, 3.05) is 36.1 Å². The quantitative estimate of drug-likeness (QED) is 0.155. The van der Waals surface area contributed by atoms with E-state index < -0.39 is 55.6 Å². The Balaban J connectivity index is 0.00000625. The van der Waals surface area contributed by atoms with Crippen LogP contribution < -0.4 is 26.4 Å². The van der Waals surface area contributed by atoms with Gasteiger partial charge in [0.15, 0.2) is 16.4 Å². The fourth-order valence-electron chi connectivity index (χ4n) is 5.67. The maximum absolute atomic E-state index is 14.1. The summed E-state index contributed by atoms with van der Waals surface area (Å²) in [6, 6.07) is 19.9. The largest absolute Gasteiger partial charge is 0.483 e. The van der Waals surface area contributed by atoms with Gasteiger partial charge in [0.25, 0.3) is 16.0 Å². The number of amides is 2. The molecular formula is C33H43BrN4O8S2. The monoisotopic (exact) mass is 766 g/mol. The second kappa shape index (κ2) is 16.7. The third-order valence-electron chi connectivity index (χ3n) is 8.23. The second-order valence-electron chi connectivity index (χ2n) is 11.7. The summed E-state index contributed by atoms with van der Waals surface area (Å²) in [4.78, 5) is 28.2. The van der Waals surface area contributed by atoms with Crippen LogP contribution >= 0.6 is 15.9 Å². The number of nitrogens with one attached hydrogen (secondary N) is 2. The van der Waals surface area contributed by atoms with Crippen LogP contribution in [0.2, 0.25) is 0 Å².